The van der Waals surface area contributed by atoms with Gasteiger partial charge in [-0.05, 0) is 47.5 Å². The molecule has 0 saturated carbocycles. The van der Waals surface area contributed by atoms with Gasteiger partial charge in [0.1, 0.15) is 10.4 Å². The summed E-state index contributed by atoms with van der Waals surface area (Å²) in [5.74, 6) is 0.253. The van der Waals surface area contributed by atoms with Crippen LogP contribution in [0.2, 0.25) is 0 Å². The molecule has 1 atom stereocenters. The van der Waals surface area contributed by atoms with Crippen molar-refractivity contribution >= 4 is 38.0 Å². The number of anilines is 2. The highest BCUT2D eigenvalue weighted by Crippen LogP contribution is 2.42. The van der Waals surface area contributed by atoms with E-state index < -0.39 is 11.9 Å². The van der Waals surface area contributed by atoms with Crippen LogP contribution in [0.3, 0.4) is 0 Å². The maximum atomic E-state index is 13.3. The van der Waals surface area contributed by atoms with Crippen molar-refractivity contribution in [3.05, 3.63) is 88.4 Å². The number of benzene rings is 2. The van der Waals surface area contributed by atoms with E-state index in [1.165, 1.54) is 0 Å². The van der Waals surface area contributed by atoms with Crippen molar-refractivity contribution < 1.29 is 9.53 Å². The van der Waals surface area contributed by atoms with Gasteiger partial charge in [0.25, 0.3) is 0 Å². The third-order valence-corrected chi connectivity index (χ3v) is 6.24. The monoisotopic (exact) mass is 522 g/mol. The number of H-pyrrole nitrogens is 1. The molecule has 4 rings (SSSR count). The van der Waals surface area contributed by atoms with Crippen molar-refractivity contribution in [2.45, 2.75) is 19.8 Å². The summed E-state index contributed by atoms with van der Waals surface area (Å²) < 4.78 is 6.07. The Kier molecular flexibility index (Phi) is 7.02. The third-order valence-electron chi connectivity index (χ3n) is 5.60. The number of hydrazone groups is 1. The molecule has 8 nitrogen and oxygen atoms in total. The van der Waals surface area contributed by atoms with E-state index in [2.05, 4.69) is 42.0 Å². The van der Waals surface area contributed by atoms with Crippen molar-refractivity contribution in [3.8, 4) is 0 Å². The van der Waals surface area contributed by atoms with Crippen LogP contribution in [0.4, 0.5) is 11.5 Å². The number of hydrogen-bond acceptors (Lipinski definition) is 7. The largest absolute Gasteiger partial charge is 0.463 e. The number of ether oxygens (including phenoxy) is 1. The van der Waals surface area contributed by atoms with Crippen molar-refractivity contribution in [3.63, 3.8) is 0 Å². The molecule has 9 heteroatoms. The molecule has 0 amide bonds. The molecule has 1 aromatic heterocycles. The van der Waals surface area contributed by atoms with E-state index in [1.807, 2.05) is 80.5 Å². The Morgan fingerprint density at radius 3 is 2.53 bits per heavy atom. The topological polar surface area (TPSA) is 94.6 Å². The zero-order valence-corrected chi connectivity index (χ0v) is 21.1. The van der Waals surface area contributed by atoms with Crippen molar-refractivity contribution in [1.82, 2.24) is 15.6 Å². The van der Waals surface area contributed by atoms with Crippen LogP contribution in [0.25, 0.3) is 0 Å². The Morgan fingerprint density at radius 2 is 1.88 bits per heavy atom. The van der Waals surface area contributed by atoms with E-state index >= 15 is 0 Å². The quantitative estimate of drug-likeness (QED) is 0.241. The lowest BCUT2D eigenvalue weighted by molar-refractivity contribution is -0.138. The van der Waals surface area contributed by atoms with Crippen LogP contribution in [0.1, 0.15) is 35.2 Å². The predicted octanol–water partition coefficient (Wildman–Crippen LogP) is 4.46. The SMILES string of the molecule is CCOC(=O)C1=C(N/N=C(/Br)c2ccccc2)Nc2n[nH]c(C)c2C1c1ccc(N(C)C)cc1. The Morgan fingerprint density at radius 1 is 1.18 bits per heavy atom. The number of rotatable bonds is 7. The molecule has 0 aliphatic carbocycles. The first-order valence-electron chi connectivity index (χ1n) is 11.0. The van der Waals surface area contributed by atoms with Crippen molar-refractivity contribution in [2.75, 3.05) is 30.9 Å². The molecule has 0 bridgehead atoms. The molecule has 0 spiro atoms. The molecule has 3 aromatic rings. The summed E-state index contributed by atoms with van der Waals surface area (Å²) in [6.45, 7) is 4.00. The second kappa shape index (κ2) is 10.1. The molecule has 0 saturated heterocycles. The average molecular weight is 523 g/mol. The number of carbonyl (C=O) groups excluding carboxylic acids is 1. The van der Waals surface area contributed by atoms with E-state index in [-0.39, 0.29) is 6.61 Å². The predicted molar refractivity (Wildman–Crippen MR) is 138 cm³/mol. The number of halogens is 1. The third kappa shape index (κ3) is 4.70. The Hall–Kier alpha value is -3.59. The first-order chi connectivity index (χ1) is 16.4. The molecule has 1 aliphatic heterocycles. The number of nitrogens with zero attached hydrogens (tertiary/aromatic N) is 3. The van der Waals surface area contributed by atoms with Gasteiger partial charge in [-0.15, -0.1) is 0 Å². The van der Waals surface area contributed by atoms with Gasteiger partial charge in [0.05, 0.1) is 18.1 Å². The molecular formula is C25H27BrN6O2. The van der Waals surface area contributed by atoms with Crippen LogP contribution in [0.15, 0.2) is 71.1 Å². The minimum absolute atomic E-state index is 0.260. The summed E-state index contributed by atoms with van der Waals surface area (Å²) in [6.07, 6.45) is 0. The van der Waals surface area contributed by atoms with Crippen molar-refractivity contribution in [1.29, 1.82) is 0 Å². The average Bonchev–Trinajstić information content (AvgIpc) is 3.22. The van der Waals surface area contributed by atoms with E-state index in [9.17, 15) is 4.79 Å². The van der Waals surface area contributed by atoms with E-state index in [0.29, 0.717) is 21.8 Å². The number of hydrogen-bond donors (Lipinski definition) is 3. The number of aromatic nitrogens is 2. The van der Waals surface area contributed by atoms with Gasteiger partial charge in [-0.25, -0.2) is 4.79 Å². The molecule has 1 aliphatic rings. The molecule has 1 unspecified atom stereocenters. The van der Waals surface area contributed by atoms with Crippen LogP contribution in [0, 0.1) is 6.92 Å². The zero-order chi connectivity index (χ0) is 24.2. The maximum Gasteiger partial charge on any atom is 0.338 e. The highest BCUT2D eigenvalue weighted by molar-refractivity contribution is 9.18. The van der Waals surface area contributed by atoms with E-state index in [4.69, 9.17) is 4.74 Å². The number of fused-ring (bicyclic) bond motifs is 1. The summed E-state index contributed by atoms with van der Waals surface area (Å²) >= 11 is 3.51. The summed E-state index contributed by atoms with van der Waals surface area (Å²) in [7, 11) is 3.98. The van der Waals surface area contributed by atoms with Gasteiger partial charge in [-0.3, -0.25) is 10.5 Å². The first kappa shape index (κ1) is 23.6. The number of carbonyl (C=O) groups is 1. The van der Waals surface area contributed by atoms with Crippen LogP contribution >= 0.6 is 15.9 Å². The Labute approximate surface area is 207 Å². The van der Waals surface area contributed by atoms with Gasteiger partial charge in [0.15, 0.2) is 5.82 Å². The van der Waals surface area contributed by atoms with Crippen molar-refractivity contribution in [2.24, 2.45) is 5.10 Å². The second-order valence-corrected chi connectivity index (χ2v) is 8.80. The number of esters is 1. The smallest absolute Gasteiger partial charge is 0.338 e. The zero-order valence-electron chi connectivity index (χ0n) is 19.5. The first-order valence-corrected chi connectivity index (χ1v) is 11.7. The fraction of sp³-hybridized carbons (Fsp3) is 0.240. The summed E-state index contributed by atoms with van der Waals surface area (Å²) in [5.41, 5.74) is 8.17. The number of aryl methyl sites for hydroxylation is 1. The minimum Gasteiger partial charge on any atom is -0.463 e. The molecule has 2 heterocycles. The van der Waals surface area contributed by atoms with Gasteiger partial charge in [-0.2, -0.15) is 10.2 Å². The maximum absolute atomic E-state index is 13.3. The normalized spacial score (nSPS) is 15.4. The lowest BCUT2D eigenvalue weighted by atomic mass is 9.82. The van der Waals surface area contributed by atoms with Gasteiger partial charge < -0.3 is 15.0 Å². The Balaban J connectivity index is 1.82. The minimum atomic E-state index is -0.420. The summed E-state index contributed by atoms with van der Waals surface area (Å²) in [5, 5.41) is 15.2. The van der Waals surface area contributed by atoms with Crippen LogP contribution in [0.5, 0.6) is 0 Å². The molecule has 34 heavy (non-hydrogen) atoms. The molecule has 0 radical (unpaired) electrons. The number of aromatic amines is 1. The molecule has 176 valence electrons. The lowest BCUT2D eigenvalue weighted by Crippen LogP contribution is -2.30. The fourth-order valence-electron chi connectivity index (χ4n) is 3.92. The lowest BCUT2D eigenvalue weighted by Gasteiger charge is -2.28. The van der Waals surface area contributed by atoms with Gasteiger partial charge in [0, 0.05) is 36.6 Å². The molecule has 2 aromatic carbocycles. The molecular weight excluding hydrogens is 496 g/mol. The van der Waals surface area contributed by atoms with Crippen LogP contribution in [-0.4, -0.2) is 41.5 Å². The standard InChI is InChI=1S/C25H27BrN6O2/c1-5-34-25(33)21-20(16-11-13-18(14-12-16)32(3)4)19-15(2)28-30-23(19)27-24(21)31-29-22(26)17-9-7-6-8-10-17/h6-14,20,31H,5H2,1-4H3,(H2,27,28,30)/b29-22+. The van der Waals surface area contributed by atoms with E-state index in [0.717, 1.165) is 28.1 Å². The summed E-state index contributed by atoms with van der Waals surface area (Å²) in [6, 6.07) is 17.8. The molecule has 3 N–H and O–H groups in total. The Bertz CT molecular complexity index is 1230. The number of nitrogens with one attached hydrogen (secondary N) is 3. The highest BCUT2D eigenvalue weighted by atomic mass is 79.9. The highest BCUT2D eigenvalue weighted by Gasteiger charge is 2.37. The second-order valence-electron chi connectivity index (χ2n) is 8.04. The van der Waals surface area contributed by atoms with Crippen LogP contribution in [-0.2, 0) is 9.53 Å². The summed E-state index contributed by atoms with van der Waals surface area (Å²) in [4.78, 5) is 15.3. The van der Waals surface area contributed by atoms with E-state index in [1.54, 1.807) is 6.92 Å². The van der Waals surface area contributed by atoms with Gasteiger partial charge in [0.2, 0.25) is 0 Å². The van der Waals surface area contributed by atoms with Gasteiger partial charge >= 0.3 is 5.97 Å². The van der Waals surface area contributed by atoms with Crippen LogP contribution < -0.4 is 15.6 Å². The van der Waals surface area contributed by atoms with Gasteiger partial charge in [-0.1, -0.05) is 42.5 Å². The fourth-order valence-corrected chi connectivity index (χ4v) is 4.27. The molecule has 0 fully saturated rings.